The van der Waals surface area contributed by atoms with Crippen LogP contribution in [0.1, 0.15) is 72.6 Å². The molecule has 1 saturated carbocycles. The van der Waals surface area contributed by atoms with E-state index in [0.29, 0.717) is 11.6 Å². The van der Waals surface area contributed by atoms with E-state index in [1.165, 1.54) is 58.0 Å². The maximum Gasteiger partial charge on any atom is 0.0359 e. The van der Waals surface area contributed by atoms with E-state index in [-0.39, 0.29) is 0 Å². The minimum absolute atomic E-state index is 0.382. The first kappa shape index (κ1) is 17.3. The summed E-state index contributed by atoms with van der Waals surface area (Å²) in [5.41, 5.74) is 0.382. The Morgan fingerprint density at radius 3 is 1.95 bits per heavy atom. The van der Waals surface area contributed by atoms with Crippen molar-refractivity contribution < 1.29 is 0 Å². The molecule has 0 spiro atoms. The van der Waals surface area contributed by atoms with Crippen LogP contribution < -0.4 is 5.32 Å². The van der Waals surface area contributed by atoms with Gasteiger partial charge in [-0.2, -0.15) is 0 Å². The molecule has 1 aliphatic carbocycles. The van der Waals surface area contributed by atoms with Gasteiger partial charge in [-0.3, -0.25) is 4.90 Å². The molecule has 0 aromatic rings. The van der Waals surface area contributed by atoms with Crippen LogP contribution in [0.5, 0.6) is 0 Å². The quantitative estimate of drug-likeness (QED) is 0.785. The summed E-state index contributed by atoms with van der Waals surface area (Å²) >= 11 is 0. The van der Waals surface area contributed by atoms with Crippen molar-refractivity contribution in [2.45, 2.75) is 84.2 Å². The fraction of sp³-hybridized carbons (Fsp3) is 1.00. The van der Waals surface area contributed by atoms with Gasteiger partial charge in [0.1, 0.15) is 0 Å². The van der Waals surface area contributed by atoms with Gasteiger partial charge in [0, 0.05) is 11.6 Å². The van der Waals surface area contributed by atoms with Gasteiger partial charge in [0.2, 0.25) is 0 Å². The minimum atomic E-state index is 0.382. The van der Waals surface area contributed by atoms with Gasteiger partial charge in [-0.15, -0.1) is 0 Å². The van der Waals surface area contributed by atoms with E-state index in [0.717, 1.165) is 17.8 Å². The summed E-state index contributed by atoms with van der Waals surface area (Å²) in [5, 5.41) is 3.79. The molecule has 21 heavy (non-hydrogen) atoms. The van der Waals surface area contributed by atoms with Crippen molar-refractivity contribution in [1.29, 1.82) is 0 Å². The Labute approximate surface area is 133 Å². The molecule has 0 bridgehead atoms. The van der Waals surface area contributed by atoms with Gasteiger partial charge in [0.25, 0.3) is 0 Å². The molecule has 2 aliphatic rings. The van der Waals surface area contributed by atoms with Crippen LogP contribution in [0.4, 0.5) is 0 Å². The van der Waals surface area contributed by atoms with Crippen molar-refractivity contribution >= 4 is 0 Å². The van der Waals surface area contributed by atoms with Crippen LogP contribution in [-0.4, -0.2) is 36.6 Å². The lowest BCUT2D eigenvalue weighted by Crippen LogP contribution is -2.62. The molecule has 3 unspecified atom stereocenters. The molecule has 1 heterocycles. The lowest BCUT2D eigenvalue weighted by Gasteiger charge is -2.51. The monoisotopic (exact) mass is 294 g/mol. The lowest BCUT2D eigenvalue weighted by molar-refractivity contribution is 0.0201. The molecule has 3 atom stereocenters. The molecule has 1 aliphatic heterocycles. The highest BCUT2D eigenvalue weighted by atomic mass is 15.2. The van der Waals surface area contributed by atoms with Crippen molar-refractivity contribution in [2.75, 3.05) is 20.1 Å². The van der Waals surface area contributed by atoms with Gasteiger partial charge in [-0.1, -0.05) is 27.7 Å². The summed E-state index contributed by atoms with van der Waals surface area (Å²) in [6.07, 6.45) is 9.65. The lowest BCUT2D eigenvalue weighted by atomic mass is 9.67. The summed E-state index contributed by atoms with van der Waals surface area (Å²) in [4.78, 5) is 2.83. The summed E-state index contributed by atoms with van der Waals surface area (Å²) < 4.78 is 0. The topological polar surface area (TPSA) is 15.3 Å². The first-order chi connectivity index (χ1) is 10.1. The number of likely N-dealkylation sites (N-methyl/N-ethyl adjacent to an activating group) is 1. The van der Waals surface area contributed by atoms with E-state index in [1.807, 2.05) is 0 Å². The Balaban J connectivity index is 2.22. The second kappa shape index (κ2) is 7.46. The van der Waals surface area contributed by atoms with Crippen molar-refractivity contribution in [3.63, 3.8) is 0 Å². The van der Waals surface area contributed by atoms with Crippen molar-refractivity contribution in [3.05, 3.63) is 0 Å². The van der Waals surface area contributed by atoms with Gasteiger partial charge in [0.15, 0.2) is 0 Å². The summed E-state index contributed by atoms with van der Waals surface area (Å²) in [6.45, 7) is 12.4. The number of hydrogen-bond donors (Lipinski definition) is 1. The molecule has 2 fully saturated rings. The van der Waals surface area contributed by atoms with E-state index >= 15 is 0 Å². The highest BCUT2D eigenvalue weighted by Crippen LogP contribution is 2.42. The highest BCUT2D eigenvalue weighted by molar-refractivity contribution is 5.03. The molecule has 2 heteroatoms. The number of nitrogens with zero attached hydrogens (tertiary/aromatic N) is 1. The molecule has 0 amide bonds. The van der Waals surface area contributed by atoms with Crippen LogP contribution in [0.15, 0.2) is 0 Å². The molecule has 124 valence electrons. The maximum absolute atomic E-state index is 3.79. The zero-order chi connectivity index (χ0) is 15.5. The van der Waals surface area contributed by atoms with Gasteiger partial charge < -0.3 is 5.32 Å². The summed E-state index contributed by atoms with van der Waals surface area (Å²) in [5.74, 6) is 2.66. The Morgan fingerprint density at radius 2 is 1.52 bits per heavy atom. The smallest absolute Gasteiger partial charge is 0.0359 e. The van der Waals surface area contributed by atoms with Crippen molar-refractivity contribution in [3.8, 4) is 0 Å². The zero-order valence-electron chi connectivity index (χ0n) is 15.1. The first-order valence-corrected chi connectivity index (χ1v) is 9.49. The third-order valence-corrected chi connectivity index (χ3v) is 6.54. The predicted molar refractivity (Wildman–Crippen MR) is 92.6 cm³/mol. The van der Waals surface area contributed by atoms with Crippen LogP contribution in [0.2, 0.25) is 0 Å². The van der Waals surface area contributed by atoms with E-state index in [4.69, 9.17) is 0 Å². The third kappa shape index (κ3) is 3.47. The molecular formula is C19H38N2. The van der Waals surface area contributed by atoms with E-state index < -0.39 is 0 Å². The van der Waals surface area contributed by atoms with Crippen LogP contribution >= 0.6 is 0 Å². The van der Waals surface area contributed by atoms with E-state index in [9.17, 15) is 0 Å². The summed E-state index contributed by atoms with van der Waals surface area (Å²) in [6, 6.07) is 0.663. The Bertz CT molecular complexity index is 295. The predicted octanol–water partition coefficient (Wildman–Crippen LogP) is 4.30. The van der Waals surface area contributed by atoms with Gasteiger partial charge in [-0.25, -0.2) is 0 Å². The fourth-order valence-corrected chi connectivity index (χ4v) is 5.72. The average molecular weight is 295 g/mol. The Morgan fingerprint density at radius 1 is 1.00 bits per heavy atom. The fourth-order valence-electron chi connectivity index (χ4n) is 5.72. The van der Waals surface area contributed by atoms with Gasteiger partial charge >= 0.3 is 0 Å². The number of nitrogens with one attached hydrogen (secondary N) is 1. The number of rotatable bonds is 6. The van der Waals surface area contributed by atoms with Crippen LogP contribution in [0, 0.1) is 17.8 Å². The number of hydrogen-bond acceptors (Lipinski definition) is 2. The van der Waals surface area contributed by atoms with Crippen LogP contribution in [0.3, 0.4) is 0 Å². The van der Waals surface area contributed by atoms with Crippen LogP contribution in [0.25, 0.3) is 0 Å². The van der Waals surface area contributed by atoms with E-state index in [2.05, 4.69) is 45.0 Å². The highest BCUT2D eigenvalue weighted by Gasteiger charge is 2.45. The zero-order valence-corrected chi connectivity index (χ0v) is 15.1. The molecule has 1 saturated heterocycles. The second-order valence-electron chi connectivity index (χ2n) is 7.95. The van der Waals surface area contributed by atoms with Gasteiger partial charge in [-0.05, 0) is 82.8 Å². The first-order valence-electron chi connectivity index (χ1n) is 9.49. The molecule has 2 nitrogen and oxygen atoms in total. The Kier molecular flexibility index (Phi) is 6.14. The van der Waals surface area contributed by atoms with E-state index in [1.54, 1.807) is 0 Å². The largest absolute Gasteiger partial charge is 0.315 e. The SMILES string of the molecule is CCC(CC)(C(NC)C1CC(C)CC(C)C1)N1CCCC1. The van der Waals surface area contributed by atoms with Crippen molar-refractivity contribution in [2.24, 2.45) is 17.8 Å². The normalized spacial score (nSPS) is 33.3. The van der Waals surface area contributed by atoms with Gasteiger partial charge in [0.05, 0.1) is 0 Å². The molecular weight excluding hydrogens is 256 g/mol. The van der Waals surface area contributed by atoms with Crippen molar-refractivity contribution in [1.82, 2.24) is 10.2 Å². The summed E-state index contributed by atoms with van der Waals surface area (Å²) in [7, 11) is 2.21. The van der Waals surface area contributed by atoms with Crippen LogP contribution in [-0.2, 0) is 0 Å². The maximum atomic E-state index is 3.79. The molecule has 0 aromatic heterocycles. The Hall–Kier alpha value is -0.0800. The average Bonchev–Trinajstić information content (AvgIpc) is 2.98. The molecule has 1 N–H and O–H groups in total. The second-order valence-corrected chi connectivity index (χ2v) is 7.95. The molecule has 0 radical (unpaired) electrons. The minimum Gasteiger partial charge on any atom is -0.315 e. The third-order valence-electron chi connectivity index (χ3n) is 6.54. The standard InChI is InChI=1S/C19H38N2/c1-6-19(7-2,21-10-8-9-11-21)18(20-5)17-13-15(3)12-16(4)14-17/h15-18,20H,6-14H2,1-5H3. The molecule has 2 rings (SSSR count). The number of likely N-dealkylation sites (tertiary alicyclic amines) is 1. The molecule has 0 aromatic carbocycles.